The van der Waals surface area contributed by atoms with E-state index in [2.05, 4.69) is 285 Å². The molecule has 0 aliphatic carbocycles. The summed E-state index contributed by atoms with van der Waals surface area (Å²) in [5, 5.41) is 0. The molecule has 0 bridgehead atoms. The van der Waals surface area contributed by atoms with Gasteiger partial charge in [0.15, 0.2) is 0 Å². The van der Waals surface area contributed by atoms with Crippen LogP contribution in [0.3, 0.4) is 0 Å². The van der Waals surface area contributed by atoms with Crippen molar-refractivity contribution in [2.75, 3.05) is 9.80 Å². The lowest BCUT2D eigenvalue weighted by atomic mass is 10.0. The maximum Gasteiger partial charge on any atom is 0.0512 e. The Kier molecular flexibility index (Phi) is 12.8. The molecule has 0 atom stereocenters. The fourth-order valence-electron chi connectivity index (χ4n) is 11.7. The minimum atomic E-state index is 1.10. The fourth-order valence-corrected chi connectivity index (χ4v) is 11.7. The average molecular weight is 973 g/mol. The lowest BCUT2D eigenvalue weighted by Gasteiger charge is -2.27. The number of rotatable bonds is 11. The monoisotopic (exact) mass is 973 g/mol. The molecule has 74 heavy (non-hydrogen) atoms. The van der Waals surface area contributed by atoms with Gasteiger partial charge in [-0.05, 0) is 234 Å². The molecule has 10 aromatic rings. The van der Waals surface area contributed by atoms with E-state index in [1.807, 2.05) is 0 Å². The molecule has 0 aliphatic rings. The third-order valence-corrected chi connectivity index (χ3v) is 17.4. The fraction of sp³-hybridized carbons (Fsp3) is 0.235. The molecule has 10 rings (SSSR count). The van der Waals surface area contributed by atoms with Crippen molar-refractivity contribution < 1.29 is 0 Å². The zero-order valence-electron chi connectivity index (χ0n) is 46.5. The predicted molar refractivity (Wildman–Crippen MR) is 316 cm³/mol. The molecular weight excluding hydrogens is 901 g/mol. The second-order valence-corrected chi connectivity index (χ2v) is 20.9. The van der Waals surface area contributed by atoms with Crippen LogP contribution < -0.4 is 9.80 Å². The van der Waals surface area contributed by atoms with Crippen LogP contribution in [0.1, 0.15) is 67.3 Å². The van der Waals surface area contributed by atoms with Crippen molar-refractivity contribution in [1.82, 2.24) is 18.3 Å². The smallest absolute Gasteiger partial charge is 0.0512 e. The average Bonchev–Trinajstić information content (AvgIpc) is 3.91. The molecule has 6 aromatic carbocycles. The summed E-state index contributed by atoms with van der Waals surface area (Å²) in [5.74, 6) is 0. The molecule has 0 aliphatic heterocycles. The van der Waals surface area contributed by atoms with Crippen LogP contribution in [0.2, 0.25) is 0 Å². The van der Waals surface area contributed by atoms with Crippen LogP contribution in [0.15, 0.2) is 146 Å². The first-order valence-corrected chi connectivity index (χ1v) is 26.1. The molecule has 0 saturated carbocycles. The number of anilines is 6. The minimum Gasteiger partial charge on any atom is -0.347 e. The Labute approximate surface area is 440 Å². The van der Waals surface area contributed by atoms with E-state index in [9.17, 15) is 0 Å². The molecule has 6 heteroatoms. The highest BCUT2D eigenvalue weighted by Gasteiger charge is 2.21. The SMILES string of the molecule is Cc1c(C)c(-c2ccc(N(c3ccc(-c4ccc(N(c5ccc(-c6c(C)c(C)c(C)n6C)cc5)c5ccc(-c6c(C)c(C)c(C)n6C)cc5)cc4)cc3)c3ccc(-c4c(C)c(C)c(C)n4C)cc3)cc2)n(C)c1C. The molecule has 0 spiro atoms. The number of nitrogens with zero attached hydrogens (tertiary/aromatic N) is 6. The summed E-state index contributed by atoms with van der Waals surface area (Å²) >= 11 is 0. The Morgan fingerprint density at radius 1 is 0.203 bits per heavy atom. The zero-order valence-corrected chi connectivity index (χ0v) is 46.5. The highest BCUT2D eigenvalue weighted by Crippen LogP contribution is 2.42. The number of hydrogen-bond acceptors (Lipinski definition) is 2. The van der Waals surface area contributed by atoms with Gasteiger partial charge in [0.2, 0.25) is 0 Å². The van der Waals surface area contributed by atoms with Crippen molar-refractivity contribution in [3.8, 4) is 56.2 Å². The summed E-state index contributed by atoms with van der Waals surface area (Å²) in [6.45, 7) is 26.7. The van der Waals surface area contributed by atoms with Gasteiger partial charge in [0.25, 0.3) is 0 Å². The summed E-state index contributed by atoms with van der Waals surface area (Å²) in [6, 6.07) is 54.4. The first kappa shape index (κ1) is 49.6. The first-order valence-electron chi connectivity index (χ1n) is 26.1. The van der Waals surface area contributed by atoms with Crippen molar-refractivity contribution >= 4 is 34.1 Å². The van der Waals surface area contributed by atoms with E-state index >= 15 is 0 Å². The maximum absolute atomic E-state index is 2.38. The molecule has 4 aromatic heterocycles. The highest BCUT2D eigenvalue weighted by atomic mass is 15.1. The Balaban J connectivity index is 0.997. The van der Waals surface area contributed by atoms with E-state index in [1.165, 1.54) is 112 Å². The molecule has 0 unspecified atom stereocenters. The first-order chi connectivity index (χ1) is 35.4. The molecular formula is C68H72N6. The summed E-state index contributed by atoms with van der Waals surface area (Å²) in [5.41, 5.74) is 34.8. The quantitative estimate of drug-likeness (QED) is 0.129. The van der Waals surface area contributed by atoms with E-state index in [-0.39, 0.29) is 0 Å². The van der Waals surface area contributed by atoms with Gasteiger partial charge in [-0.25, -0.2) is 0 Å². The summed E-state index contributed by atoms with van der Waals surface area (Å²) in [6.07, 6.45) is 0. The highest BCUT2D eigenvalue weighted by molar-refractivity contribution is 5.84. The molecule has 0 fully saturated rings. The van der Waals surface area contributed by atoms with Crippen LogP contribution in [0.4, 0.5) is 34.1 Å². The van der Waals surface area contributed by atoms with Gasteiger partial charge in [-0.1, -0.05) is 72.8 Å². The Bertz CT molecular complexity index is 3160. The Morgan fingerprint density at radius 3 is 0.486 bits per heavy atom. The van der Waals surface area contributed by atoms with Crippen molar-refractivity contribution in [3.05, 3.63) is 213 Å². The Morgan fingerprint density at radius 2 is 0.351 bits per heavy atom. The molecule has 0 N–H and O–H groups in total. The summed E-state index contributed by atoms with van der Waals surface area (Å²) in [4.78, 5) is 4.75. The van der Waals surface area contributed by atoms with Crippen LogP contribution in [0.25, 0.3) is 56.2 Å². The predicted octanol–water partition coefficient (Wildman–Crippen LogP) is 18.0. The minimum absolute atomic E-state index is 1.10. The zero-order chi connectivity index (χ0) is 52.6. The van der Waals surface area contributed by atoms with Crippen LogP contribution in [0.5, 0.6) is 0 Å². The van der Waals surface area contributed by atoms with Crippen LogP contribution in [-0.2, 0) is 28.2 Å². The number of hydrogen-bond donors (Lipinski definition) is 0. The Hall–Kier alpha value is -7.96. The maximum atomic E-state index is 2.38. The molecule has 4 heterocycles. The van der Waals surface area contributed by atoms with Gasteiger partial charge in [0, 0.05) is 85.1 Å². The normalized spacial score (nSPS) is 11.5. The van der Waals surface area contributed by atoms with E-state index in [0.717, 1.165) is 45.3 Å². The third kappa shape index (κ3) is 8.21. The molecule has 0 radical (unpaired) electrons. The second kappa shape index (κ2) is 19.1. The van der Waals surface area contributed by atoms with Gasteiger partial charge in [-0.15, -0.1) is 0 Å². The van der Waals surface area contributed by atoms with Crippen molar-refractivity contribution in [1.29, 1.82) is 0 Å². The van der Waals surface area contributed by atoms with Crippen molar-refractivity contribution in [2.45, 2.75) is 83.1 Å². The number of aromatic nitrogens is 4. The summed E-state index contributed by atoms with van der Waals surface area (Å²) < 4.78 is 9.30. The van der Waals surface area contributed by atoms with Crippen LogP contribution in [-0.4, -0.2) is 18.3 Å². The second-order valence-electron chi connectivity index (χ2n) is 20.9. The lowest BCUT2D eigenvalue weighted by molar-refractivity contribution is 0.884. The van der Waals surface area contributed by atoms with E-state index < -0.39 is 0 Å². The van der Waals surface area contributed by atoms with Gasteiger partial charge in [-0.3, -0.25) is 0 Å². The van der Waals surface area contributed by atoms with Gasteiger partial charge >= 0.3 is 0 Å². The van der Waals surface area contributed by atoms with Gasteiger partial charge in [-0.2, -0.15) is 0 Å². The number of benzene rings is 6. The van der Waals surface area contributed by atoms with E-state index in [0.29, 0.717) is 0 Å². The molecule has 0 saturated heterocycles. The largest absolute Gasteiger partial charge is 0.347 e. The third-order valence-electron chi connectivity index (χ3n) is 17.4. The van der Waals surface area contributed by atoms with Gasteiger partial charge in [0.05, 0.1) is 22.8 Å². The van der Waals surface area contributed by atoms with Crippen molar-refractivity contribution in [3.63, 3.8) is 0 Å². The standard InChI is InChI=1S/C68H72N6/c1-41-45(5)65(69(13)49(41)9)55-21-33-61(34-22-55)73(62-35-23-56(24-36-62)66-46(6)42(2)50(10)70(66)14)59-29-17-53(18-30-59)54-19-31-60(32-20-54)74(63-37-25-57(26-38-63)67-47(7)43(3)51(11)71(67)15)64-39-27-58(28-40-64)68-48(8)44(4)52(12)72(68)16/h17-40H,1-16H3. The molecule has 6 nitrogen and oxygen atoms in total. The molecule has 0 amide bonds. The van der Waals surface area contributed by atoms with Crippen LogP contribution in [0, 0.1) is 83.1 Å². The van der Waals surface area contributed by atoms with Gasteiger partial charge < -0.3 is 28.1 Å². The van der Waals surface area contributed by atoms with E-state index in [4.69, 9.17) is 0 Å². The summed E-state index contributed by atoms with van der Waals surface area (Å²) in [7, 11) is 8.70. The van der Waals surface area contributed by atoms with E-state index in [1.54, 1.807) is 0 Å². The molecule has 374 valence electrons. The topological polar surface area (TPSA) is 26.2 Å². The van der Waals surface area contributed by atoms with Crippen molar-refractivity contribution in [2.24, 2.45) is 28.2 Å². The lowest BCUT2D eigenvalue weighted by Crippen LogP contribution is -2.10. The van der Waals surface area contributed by atoms with Gasteiger partial charge in [0.1, 0.15) is 0 Å². The van der Waals surface area contributed by atoms with Crippen LogP contribution >= 0.6 is 0 Å².